The molecule has 2 heterocycles. The minimum Gasteiger partial charge on any atom is -0.489 e. The Bertz CT molecular complexity index is 993. The van der Waals surface area contributed by atoms with E-state index in [2.05, 4.69) is 37.5 Å². The molecule has 5 nitrogen and oxygen atoms in total. The third-order valence-corrected chi connectivity index (χ3v) is 6.41. The number of nitrogens with zero attached hydrogens (tertiary/aromatic N) is 3. The van der Waals surface area contributed by atoms with Gasteiger partial charge in [0.2, 0.25) is 5.69 Å². The molecule has 6 heteroatoms. The van der Waals surface area contributed by atoms with E-state index in [1.165, 1.54) is 0 Å². The van der Waals surface area contributed by atoms with Crippen molar-refractivity contribution in [2.75, 3.05) is 0 Å². The molecule has 1 aromatic carbocycles. The van der Waals surface area contributed by atoms with Crippen LogP contribution in [-0.2, 0) is 6.54 Å². The van der Waals surface area contributed by atoms with Gasteiger partial charge in [-0.3, -0.25) is 9.78 Å². The Morgan fingerprint density at radius 2 is 1.96 bits per heavy atom. The number of ether oxygens (including phenoxy) is 1. The second-order valence-corrected chi connectivity index (χ2v) is 9.14. The number of carbonyl (C=O) groups is 1. The molecule has 0 spiro atoms. The topological polar surface area (TPSA) is 46.8 Å². The Morgan fingerprint density at radius 1 is 1.25 bits per heavy atom. The Kier molecular flexibility index (Phi) is 4.17. The summed E-state index contributed by atoms with van der Waals surface area (Å²) in [5.41, 5.74) is 1.63. The number of pyridine rings is 1. The van der Waals surface area contributed by atoms with Crippen LogP contribution in [0.3, 0.4) is 0 Å². The molecule has 0 saturated heterocycles. The number of amides is 1. The van der Waals surface area contributed by atoms with E-state index in [0.717, 1.165) is 5.56 Å². The van der Waals surface area contributed by atoms with Crippen molar-refractivity contribution in [1.82, 2.24) is 9.88 Å². The summed E-state index contributed by atoms with van der Waals surface area (Å²) in [6, 6.07) is 7.09. The number of hydrogen-bond acceptors (Lipinski definition) is 3. The number of benzene rings is 1. The molecule has 1 aromatic heterocycles. The Hall–Kier alpha value is -2.58. The number of aromatic nitrogens is 1. The first kappa shape index (κ1) is 18.8. The van der Waals surface area contributed by atoms with Crippen molar-refractivity contribution in [1.29, 1.82) is 0 Å². The average molecular weight is 396 g/mol. The smallest absolute Gasteiger partial charge is 0.256 e. The Morgan fingerprint density at radius 3 is 2.57 bits per heavy atom. The van der Waals surface area contributed by atoms with Crippen LogP contribution < -0.4 is 4.74 Å². The van der Waals surface area contributed by atoms with E-state index in [1.54, 1.807) is 30.6 Å². The molecule has 0 unspecified atom stereocenters. The van der Waals surface area contributed by atoms with Crippen LogP contribution in [0.25, 0.3) is 4.85 Å². The summed E-state index contributed by atoms with van der Waals surface area (Å²) < 4.78 is 6.33. The molecule has 0 radical (unpaired) electrons. The highest BCUT2D eigenvalue weighted by molar-refractivity contribution is 6.33. The monoisotopic (exact) mass is 395 g/mol. The number of halogens is 1. The molecule has 1 aliphatic heterocycles. The van der Waals surface area contributed by atoms with Gasteiger partial charge >= 0.3 is 0 Å². The van der Waals surface area contributed by atoms with Gasteiger partial charge in [0.15, 0.2) is 0 Å². The van der Waals surface area contributed by atoms with E-state index in [9.17, 15) is 4.79 Å². The van der Waals surface area contributed by atoms with E-state index in [0.29, 0.717) is 28.6 Å². The molecule has 1 fully saturated rings. The fraction of sp³-hybridized carbons (Fsp3) is 0.409. The zero-order chi connectivity index (χ0) is 20.3. The molecule has 4 rings (SSSR count). The van der Waals surface area contributed by atoms with E-state index >= 15 is 0 Å². The van der Waals surface area contributed by atoms with Crippen LogP contribution in [0.15, 0.2) is 36.7 Å². The highest BCUT2D eigenvalue weighted by Crippen LogP contribution is 2.59. The Labute approximate surface area is 170 Å². The minimum atomic E-state index is -0.250. The third kappa shape index (κ3) is 2.59. The summed E-state index contributed by atoms with van der Waals surface area (Å²) >= 11 is 6.17. The van der Waals surface area contributed by atoms with Crippen LogP contribution in [-0.4, -0.2) is 27.9 Å². The van der Waals surface area contributed by atoms with Gasteiger partial charge in [-0.2, -0.15) is 0 Å². The summed E-state index contributed by atoms with van der Waals surface area (Å²) in [4.78, 5) is 22.4. The second-order valence-electron chi connectivity index (χ2n) is 8.73. The molecule has 1 aliphatic carbocycles. The van der Waals surface area contributed by atoms with Crippen molar-refractivity contribution >= 4 is 23.2 Å². The molecule has 1 saturated carbocycles. The number of hydrogen-bond donors (Lipinski definition) is 0. The molecule has 0 atom stereocenters. The van der Waals surface area contributed by atoms with Crippen molar-refractivity contribution in [3.05, 3.63) is 64.2 Å². The first-order valence-electron chi connectivity index (χ1n) is 9.25. The lowest BCUT2D eigenvalue weighted by Gasteiger charge is -2.65. The fourth-order valence-electron chi connectivity index (χ4n) is 5.38. The maximum atomic E-state index is 13.0. The predicted molar refractivity (Wildman–Crippen MR) is 108 cm³/mol. The van der Waals surface area contributed by atoms with E-state index < -0.39 is 0 Å². The summed E-state index contributed by atoms with van der Waals surface area (Å²) in [5.74, 6) is 0.680. The van der Waals surface area contributed by atoms with Gasteiger partial charge in [-0.25, -0.2) is 4.85 Å². The second kappa shape index (κ2) is 6.22. The van der Waals surface area contributed by atoms with Crippen LogP contribution in [0.4, 0.5) is 5.69 Å². The molecule has 144 valence electrons. The lowest BCUT2D eigenvalue weighted by molar-refractivity contribution is -0.199. The fourth-order valence-corrected chi connectivity index (χ4v) is 5.59. The summed E-state index contributed by atoms with van der Waals surface area (Å²) in [7, 11) is 0. The number of rotatable bonds is 3. The van der Waals surface area contributed by atoms with Gasteiger partial charge in [0.1, 0.15) is 11.9 Å². The summed E-state index contributed by atoms with van der Waals surface area (Å²) in [6.07, 6.45) is 3.29. The lowest BCUT2D eigenvalue weighted by atomic mass is 9.49. The van der Waals surface area contributed by atoms with Crippen LogP contribution in [0.2, 0.25) is 5.02 Å². The maximum absolute atomic E-state index is 13.0. The van der Waals surface area contributed by atoms with Crippen molar-refractivity contribution in [3.63, 3.8) is 0 Å². The largest absolute Gasteiger partial charge is 0.489 e. The Balaban J connectivity index is 1.60. The number of carbonyl (C=O) groups excluding carboxylic acids is 1. The van der Waals surface area contributed by atoms with Crippen molar-refractivity contribution < 1.29 is 9.53 Å². The molecular weight excluding hydrogens is 374 g/mol. The van der Waals surface area contributed by atoms with Crippen molar-refractivity contribution in [2.45, 2.75) is 46.4 Å². The number of fused-ring (bicyclic) bond motifs is 1. The SMILES string of the molecule is [C-]#[N+]c1ccc(OC2C(C)(C)C(N3Cc4ccncc4C3=O)C2(C)C)cc1Cl. The molecule has 0 N–H and O–H groups in total. The molecule has 2 aromatic rings. The molecule has 0 bridgehead atoms. The van der Waals surface area contributed by atoms with Crippen LogP contribution >= 0.6 is 11.6 Å². The summed E-state index contributed by atoms with van der Waals surface area (Å²) in [5, 5.41) is 0.386. The summed E-state index contributed by atoms with van der Waals surface area (Å²) in [6.45, 7) is 16.3. The molecule has 1 amide bonds. The third-order valence-electron chi connectivity index (χ3n) is 6.11. The van der Waals surface area contributed by atoms with Crippen LogP contribution in [0.1, 0.15) is 43.6 Å². The zero-order valence-electron chi connectivity index (χ0n) is 16.4. The first-order valence-corrected chi connectivity index (χ1v) is 9.63. The van der Waals surface area contributed by atoms with E-state index in [4.69, 9.17) is 22.9 Å². The van der Waals surface area contributed by atoms with Gasteiger partial charge in [0.25, 0.3) is 5.91 Å². The van der Waals surface area contributed by atoms with Crippen molar-refractivity contribution in [2.24, 2.45) is 10.8 Å². The quantitative estimate of drug-likeness (QED) is 0.677. The normalized spacial score (nSPS) is 24.3. The highest BCUT2D eigenvalue weighted by atomic mass is 35.5. The molecular formula is C22H22ClN3O2. The van der Waals surface area contributed by atoms with E-state index in [1.807, 2.05) is 11.0 Å². The average Bonchev–Trinajstić information content (AvgIpc) is 2.95. The van der Waals surface area contributed by atoms with Crippen molar-refractivity contribution in [3.8, 4) is 5.75 Å². The van der Waals surface area contributed by atoms with Gasteiger partial charge in [0.05, 0.1) is 17.2 Å². The maximum Gasteiger partial charge on any atom is 0.256 e. The van der Waals surface area contributed by atoms with Gasteiger partial charge < -0.3 is 9.64 Å². The van der Waals surface area contributed by atoms with Gasteiger partial charge in [0, 0.05) is 35.8 Å². The molecule has 28 heavy (non-hydrogen) atoms. The lowest BCUT2D eigenvalue weighted by Crippen LogP contribution is -2.74. The van der Waals surface area contributed by atoms with Crippen LogP contribution in [0.5, 0.6) is 5.75 Å². The highest BCUT2D eigenvalue weighted by Gasteiger charge is 2.66. The minimum absolute atomic E-state index is 0.0305. The zero-order valence-corrected chi connectivity index (χ0v) is 17.1. The molecule has 2 aliphatic rings. The first-order chi connectivity index (χ1) is 13.2. The van der Waals surface area contributed by atoms with Gasteiger partial charge in [-0.1, -0.05) is 45.4 Å². The standard InChI is InChI=1S/C22H22ClN3O2/c1-21(2)19(26-12-13-8-9-25-11-15(13)18(26)27)22(3,4)20(21)28-14-6-7-17(24-5)16(23)10-14/h6-11,19-20H,12H2,1-4H3. The van der Waals surface area contributed by atoms with Crippen LogP contribution in [0, 0.1) is 17.4 Å². The predicted octanol–water partition coefficient (Wildman–Crippen LogP) is 5.12. The van der Waals surface area contributed by atoms with Gasteiger partial charge in [-0.15, -0.1) is 0 Å². The van der Waals surface area contributed by atoms with E-state index in [-0.39, 0.29) is 28.9 Å². The van der Waals surface area contributed by atoms with Gasteiger partial charge in [-0.05, 0) is 23.8 Å².